The molecule has 0 aromatic heterocycles. The number of carbonyl (C=O) groups excluding carboxylic acids is 1. The minimum atomic E-state index is -3.59. The number of hydrogen-bond donors (Lipinski definition) is 2. The van der Waals surface area contributed by atoms with Gasteiger partial charge in [-0.3, -0.25) is 9.59 Å². The van der Waals surface area contributed by atoms with E-state index < -0.39 is 39.3 Å². The minimum Gasteiger partial charge on any atom is -0.481 e. The zero-order valence-electron chi connectivity index (χ0n) is 15.5. The summed E-state index contributed by atoms with van der Waals surface area (Å²) in [4.78, 5) is 26.2. The molecule has 0 spiro atoms. The molecule has 1 aromatic carbocycles. The maximum atomic E-state index is 13.0. The van der Waals surface area contributed by atoms with E-state index in [0.717, 1.165) is 11.8 Å². The van der Waals surface area contributed by atoms with Crippen molar-refractivity contribution in [1.29, 1.82) is 0 Å². The number of likely N-dealkylation sites (tertiary alicyclic amines) is 1. The van der Waals surface area contributed by atoms with Gasteiger partial charge in [-0.15, -0.1) is 0 Å². The van der Waals surface area contributed by atoms with E-state index >= 15 is 0 Å². The number of carboxylic acid groups (broad SMARTS) is 1. The molecular weight excluding hydrogens is 356 g/mol. The van der Waals surface area contributed by atoms with E-state index in [1.807, 2.05) is 30.3 Å². The fourth-order valence-corrected chi connectivity index (χ4v) is 4.15. The highest BCUT2D eigenvalue weighted by molar-refractivity contribution is 7.88. The van der Waals surface area contributed by atoms with E-state index in [1.165, 1.54) is 4.90 Å². The summed E-state index contributed by atoms with van der Waals surface area (Å²) < 4.78 is 25.8. The molecule has 1 amide bonds. The number of amides is 1. The van der Waals surface area contributed by atoms with Gasteiger partial charge in [0.15, 0.2) is 0 Å². The van der Waals surface area contributed by atoms with Gasteiger partial charge in [0.05, 0.1) is 12.2 Å². The van der Waals surface area contributed by atoms with Gasteiger partial charge in [0.2, 0.25) is 15.9 Å². The number of benzene rings is 1. The molecule has 1 heterocycles. The Morgan fingerprint density at radius 2 is 1.77 bits per heavy atom. The summed E-state index contributed by atoms with van der Waals surface area (Å²) in [6, 6.07) is 8.27. The molecule has 0 radical (unpaired) electrons. The van der Waals surface area contributed by atoms with Crippen LogP contribution >= 0.6 is 0 Å². The van der Waals surface area contributed by atoms with Gasteiger partial charge in [-0.2, -0.15) is 0 Å². The Bertz CT molecular complexity index is 771. The second-order valence-electron chi connectivity index (χ2n) is 7.89. The first kappa shape index (κ1) is 20.4. The van der Waals surface area contributed by atoms with Crippen LogP contribution in [0.3, 0.4) is 0 Å². The third-order valence-corrected chi connectivity index (χ3v) is 5.29. The predicted molar refractivity (Wildman–Crippen MR) is 98.1 cm³/mol. The average molecular weight is 382 g/mol. The first-order valence-corrected chi connectivity index (χ1v) is 10.3. The van der Waals surface area contributed by atoms with E-state index in [9.17, 15) is 23.1 Å². The van der Waals surface area contributed by atoms with Crippen molar-refractivity contribution in [2.45, 2.75) is 32.7 Å². The van der Waals surface area contributed by atoms with Crippen LogP contribution in [0.2, 0.25) is 0 Å². The Kier molecular flexibility index (Phi) is 5.77. The summed E-state index contributed by atoms with van der Waals surface area (Å²) in [6.45, 7) is 5.62. The standard InChI is InChI=1S/C18H26N2O5S/c1-18(2,3)15(19-26(4,24)25)16(21)20-10-13(14(11-20)17(22)23)12-8-6-5-7-9-12/h5-9,13-15,19H,10-11H2,1-4H3,(H,22,23). The molecule has 1 fully saturated rings. The van der Waals surface area contributed by atoms with Crippen molar-refractivity contribution in [3.63, 3.8) is 0 Å². The van der Waals surface area contributed by atoms with E-state index in [-0.39, 0.29) is 19.0 Å². The Labute approximate surface area is 154 Å². The molecule has 1 aromatic rings. The molecule has 8 heteroatoms. The Balaban J connectivity index is 2.29. The second-order valence-corrected chi connectivity index (χ2v) is 9.67. The normalized spacial score (nSPS) is 22.2. The third-order valence-electron chi connectivity index (χ3n) is 4.62. The molecule has 144 valence electrons. The molecule has 2 N–H and O–H groups in total. The van der Waals surface area contributed by atoms with Crippen LogP contribution in [0.25, 0.3) is 0 Å². The highest BCUT2D eigenvalue weighted by atomic mass is 32.2. The molecule has 1 saturated heterocycles. The lowest BCUT2D eigenvalue weighted by atomic mass is 9.86. The number of sulfonamides is 1. The van der Waals surface area contributed by atoms with Crippen molar-refractivity contribution >= 4 is 21.9 Å². The second kappa shape index (κ2) is 7.36. The van der Waals surface area contributed by atoms with Crippen LogP contribution in [0.1, 0.15) is 32.3 Å². The van der Waals surface area contributed by atoms with Crippen LogP contribution in [-0.2, 0) is 19.6 Å². The smallest absolute Gasteiger partial charge is 0.308 e. The first-order chi connectivity index (χ1) is 11.9. The van der Waals surface area contributed by atoms with E-state index in [0.29, 0.717) is 0 Å². The Morgan fingerprint density at radius 3 is 2.23 bits per heavy atom. The van der Waals surface area contributed by atoms with Gasteiger partial charge < -0.3 is 10.0 Å². The number of carbonyl (C=O) groups is 2. The van der Waals surface area contributed by atoms with Crippen molar-refractivity contribution in [2.24, 2.45) is 11.3 Å². The quantitative estimate of drug-likeness (QED) is 0.798. The number of nitrogens with zero attached hydrogens (tertiary/aromatic N) is 1. The van der Waals surface area contributed by atoms with Crippen LogP contribution in [0.5, 0.6) is 0 Å². The lowest BCUT2D eigenvalue weighted by Gasteiger charge is -2.33. The van der Waals surface area contributed by atoms with Crippen LogP contribution in [0.15, 0.2) is 30.3 Å². The number of rotatable bonds is 5. The summed E-state index contributed by atoms with van der Waals surface area (Å²) in [5.74, 6) is -2.40. The van der Waals surface area contributed by atoms with Gasteiger partial charge >= 0.3 is 5.97 Å². The van der Waals surface area contributed by atoms with Crippen LogP contribution < -0.4 is 4.72 Å². The lowest BCUT2D eigenvalue weighted by Crippen LogP contribution is -2.54. The van der Waals surface area contributed by atoms with Crippen LogP contribution in [0, 0.1) is 11.3 Å². The summed E-state index contributed by atoms with van der Waals surface area (Å²) in [6.07, 6.45) is 1.01. The fourth-order valence-electron chi connectivity index (χ4n) is 3.27. The topological polar surface area (TPSA) is 104 Å². The molecule has 1 aliphatic heterocycles. The van der Waals surface area contributed by atoms with Gasteiger partial charge in [0.25, 0.3) is 0 Å². The third kappa shape index (κ3) is 4.82. The fraction of sp³-hybridized carbons (Fsp3) is 0.556. The molecular formula is C18H26N2O5S. The maximum Gasteiger partial charge on any atom is 0.308 e. The number of carboxylic acids is 1. The Morgan fingerprint density at radius 1 is 1.19 bits per heavy atom. The average Bonchev–Trinajstić information content (AvgIpc) is 2.96. The zero-order chi connectivity index (χ0) is 19.7. The van der Waals surface area contributed by atoms with E-state index in [1.54, 1.807) is 20.8 Å². The Hall–Kier alpha value is -1.93. The van der Waals surface area contributed by atoms with Crippen molar-refractivity contribution < 1.29 is 23.1 Å². The number of nitrogens with one attached hydrogen (secondary N) is 1. The summed E-state index contributed by atoms with van der Waals surface area (Å²) in [5.41, 5.74) is 0.211. The van der Waals surface area contributed by atoms with Gasteiger partial charge in [-0.1, -0.05) is 51.1 Å². The molecule has 0 saturated carbocycles. The van der Waals surface area contributed by atoms with Crippen LogP contribution in [0.4, 0.5) is 0 Å². The van der Waals surface area contributed by atoms with Gasteiger partial charge in [-0.25, -0.2) is 13.1 Å². The zero-order valence-corrected chi connectivity index (χ0v) is 16.3. The molecule has 7 nitrogen and oxygen atoms in total. The van der Waals surface area contributed by atoms with Crippen LogP contribution in [-0.4, -0.2) is 55.7 Å². The molecule has 0 bridgehead atoms. The predicted octanol–water partition coefficient (Wildman–Crippen LogP) is 1.28. The molecule has 3 unspecified atom stereocenters. The van der Waals surface area contributed by atoms with Gasteiger partial charge in [0, 0.05) is 19.0 Å². The van der Waals surface area contributed by atoms with Crippen molar-refractivity contribution in [3.05, 3.63) is 35.9 Å². The SMILES string of the molecule is CC(C)(C)C(NS(C)(=O)=O)C(=O)N1CC(C(=O)O)C(c2ccccc2)C1. The number of hydrogen-bond acceptors (Lipinski definition) is 4. The molecule has 3 atom stereocenters. The number of aliphatic carboxylic acids is 1. The largest absolute Gasteiger partial charge is 0.481 e. The first-order valence-electron chi connectivity index (χ1n) is 8.44. The summed E-state index contributed by atoms with van der Waals surface area (Å²) in [7, 11) is -3.59. The summed E-state index contributed by atoms with van der Waals surface area (Å²) in [5, 5.41) is 9.58. The molecule has 26 heavy (non-hydrogen) atoms. The van der Waals surface area contributed by atoms with Crippen molar-refractivity contribution in [3.8, 4) is 0 Å². The highest BCUT2D eigenvalue weighted by Gasteiger charge is 2.44. The monoisotopic (exact) mass is 382 g/mol. The molecule has 0 aliphatic carbocycles. The maximum absolute atomic E-state index is 13.0. The lowest BCUT2D eigenvalue weighted by molar-refractivity contribution is -0.142. The van der Waals surface area contributed by atoms with Gasteiger partial charge in [0.1, 0.15) is 6.04 Å². The van der Waals surface area contributed by atoms with Crippen molar-refractivity contribution in [2.75, 3.05) is 19.3 Å². The highest BCUT2D eigenvalue weighted by Crippen LogP contribution is 2.34. The van der Waals surface area contributed by atoms with E-state index in [2.05, 4.69) is 4.72 Å². The van der Waals surface area contributed by atoms with E-state index in [4.69, 9.17) is 0 Å². The molecule has 2 rings (SSSR count). The minimum absolute atomic E-state index is 0.0613. The van der Waals surface area contributed by atoms with Crippen molar-refractivity contribution in [1.82, 2.24) is 9.62 Å². The van der Waals surface area contributed by atoms with Gasteiger partial charge in [-0.05, 0) is 11.0 Å². The summed E-state index contributed by atoms with van der Waals surface area (Å²) >= 11 is 0. The molecule has 1 aliphatic rings.